The van der Waals surface area contributed by atoms with E-state index in [4.69, 9.17) is 6.42 Å². The van der Waals surface area contributed by atoms with Crippen molar-refractivity contribution in [2.45, 2.75) is 38.3 Å². The Morgan fingerprint density at radius 2 is 2.00 bits per heavy atom. The number of likely N-dealkylation sites (tertiary alicyclic amines) is 1. The maximum absolute atomic E-state index is 5.40. The van der Waals surface area contributed by atoms with Gasteiger partial charge in [-0.15, -0.1) is 6.42 Å². The quantitative estimate of drug-likeness (QED) is 0.640. The third-order valence-electron chi connectivity index (χ3n) is 3.29. The van der Waals surface area contributed by atoms with Crippen molar-refractivity contribution in [2.24, 2.45) is 0 Å². The highest BCUT2D eigenvalue weighted by Gasteiger charge is 2.29. The zero-order valence-electron chi connectivity index (χ0n) is 8.93. The summed E-state index contributed by atoms with van der Waals surface area (Å²) in [7, 11) is 2.04. The van der Waals surface area contributed by atoms with Crippen molar-refractivity contribution in [1.82, 2.24) is 10.2 Å². The van der Waals surface area contributed by atoms with E-state index in [1.165, 1.54) is 12.8 Å². The smallest absolute Gasteiger partial charge is 0.0683 e. The summed E-state index contributed by atoms with van der Waals surface area (Å²) in [6, 6.07) is 0.293. The highest BCUT2D eigenvalue weighted by molar-refractivity contribution is 5.00. The molecule has 0 bridgehead atoms. The minimum Gasteiger partial charge on any atom is -0.314 e. The fourth-order valence-corrected chi connectivity index (χ4v) is 1.76. The van der Waals surface area contributed by atoms with Gasteiger partial charge in [0.15, 0.2) is 0 Å². The van der Waals surface area contributed by atoms with Crippen LogP contribution >= 0.6 is 0 Å². The fourth-order valence-electron chi connectivity index (χ4n) is 1.76. The molecule has 1 N–H and O–H groups in total. The van der Waals surface area contributed by atoms with Gasteiger partial charge in [-0.3, -0.25) is 4.90 Å². The van der Waals surface area contributed by atoms with Crippen LogP contribution in [0, 0.1) is 12.3 Å². The summed E-state index contributed by atoms with van der Waals surface area (Å²) in [6.07, 6.45) is 7.78. The highest BCUT2D eigenvalue weighted by Crippen LogP contribution is 2.22. The minimum atomic E-state index is 0.293. The van der Waals surface area contributed by atoms with E-state index in [2.05, 4.69) is 30.0 Å². The van der Waals surface area contributed by atoms with Crippen molar-refractivity contribution < 1.29 is 0 Å². The first-order chi connectivity index (χ1) is 6.11. The number of rotatable bonds is 2. The molecular formula is C11H20N2. The Labute approximate surface area is 81.7 Å². The van der Waals surface area contributed by atoms with E-state index in [9.17, 15) is 0 Å². The van der Waals surface area contributed by atoms with Crippen molar-refractivity contribution >= 4 is 0 Å². The molecule has 1 aliphatic heterocycles. The van der Waals surface area contributed by atoms with E-state index in [0.29, 0.717) is 11.6 Å². The Morgan fingerprint density at radius 3 is 2.38 bits per heavy atom. The third kappa shape index (κ3) is 2.46. The topological polar surface area (TPSA) is 15.3 Å². The Bertz CT molecular complexity index is 197. The van der Waals surface area contributed by atoms with Crippen LogP contribution in [0.25, 0.3) is 0 Å². The standard InChI is InChI=1S/C11H20N2/c1-5-10(2)13-8-6-11(3,12-4)7-9-13/h1,10,12H,6-9H2,2-4H3. The molecule has 1 rings (SSSR count). The van der Waals surface area contributed by atoms with Crippen LogP contribution in [-0.2, 0) is 0 Å². The van der Waals surface area contributed by atoms with E-state index in [1.807, 2.05) is 7.05 Å². The molecule has 1 aliphatic rings. The van der Waals surface area contributed by atoms with Crippen molar-refractivity contribution in [2.75, 3.05) is 20.1 Å². The monoisotopic (exact) mass is 180 g/mol. The largest absolute Gasteiger partial charge is 0.314 e. The minimum absolute atomic E-state index is 0.293. The SMILES string of the molecule is C#CC(C)N1CCC(C)(NC)CC1. The molecule has 0 aromatic carbocycles. The van der Waals surface area contributed by atoms with Crippen LogP contribution in [-0.4, -0.2) is 36.6 Å². The number of piperidine rings is 1. The van der Waals surface area contributed by atoms with Gasteiger partial charge in [0.25, 0.3) is 0 Å². The molecule has 13 heavy (non-hydrogen) atoms. The van der Waals surface area contributed by atoms with Gasteiger partial charge in [0.1, 0.15) is 0 Å². The van der Waals surface area contributed by atoms with Gasteiger partial charge in [0.2, 0.25) is 0 Å². The lowest BCUT2D eigenvalue weighted by Crippen LogP contribution is -2.51. The molecule has 1 atom stereocenters. The average Bonchev–Trinajstić information content (AvgIpc) is 2.18. The maximum atomic E-state index is 5.40. The van der Waals surface area contributed by atoms with Gasteiger partial charge in [-0.2, -0.15) is 0 Å². The molecule has 0 spiro atoms. The number of hydrogen-bond acceptors (Lipinski definition) is 2. The van der Waals surface area contributed by atoms with Crippen molar-refractivity contribution in [1.29, 1.82) is 0 Å². The molecule has 0 radical (unpaired) electrons. The lowest BCUT2D eigenvalue weighted by atomic mass is 9.89. The summed E-state index contributed by atoms with van der Waals surface area (Å²) in [5.41, 5.74) is 0.324. The Hall–Kier alpha value is -0.520. The molecule has 1 fully saturated rings. The lowest BCUT2D eigenvalue weighted by Gasteiger charge is -2.40. The van der Waals surface area contributed by atoms with E-state index >= 15 is 0 Å². The summed E-state index contributed by atoms with van der Waals surface area (Å²) in [6.45, 7) is 6.61. The van der Waals surface area contributed by atoms with Crippen LogP contribution in [0.15, 0.2) is 0 Å². The Balaban J connectivity index is 2.44. The van der Waals surface area contributed by atoms with Crippen molar-refractivity contribution in [3.05, 3.63) is 0 Å². The van der Waals surface area contributed by atoms with Crippen LogP contribution in [0.1, 0.15) is 26.7 Å². The molecule has 0 aromatic heterocycles. The molecule has 0 amide bonds. The first kappa shape index (κ1) is 10.6. The predicted molar refractivity (Wildman–Crippen MR) is 56.6 cm³/mol. The van der Waals surface area contributed by atoms with Crippen LogP contribution in [0.5, 0.6) is 0 Å². The second kappa shape index (κ2) is 4.13. The number of hydrogen-bond donors (Lipinski definition) is 1. The van der Waals surface area contributed by atoms with Gasteiger partial charge in [0, 0.05) is 18.6 Å². The number of terminal acetylenes is 1. The van der Waals surface area contributed by atoms with Crippen molar-refractivity contribution in [3.8, 4) is 12.3 Å². The van der Waals surface area contributed by atoms with Gasteiger partial charge in [-0.25, -0.2) is 0 Å². The fraction of sp³-hybridized carbons (Fsp3) is 0.818. The molecule has 2 heteroatoms. The number of nitrogens with one attached hydrogen (secondary N) is 1. The highest BCUT2D eigenvalue weighted by atomic mass is 15.2. The number of nitrogens with zero attached hydrogens (tertiary/aromatic N) is 1. The van der Waals surface area contributed by atoms with Gasteiger partial charge in [-0.05, 0) is 33.7 Å². The van der Waals surface area contributed by atoms with Gasteiger partial charge < -0.3 is 5.32 Å². The maximum Gasteiger partial charge on any atom is 0.0683 e. The Morgan fingerprint density at radius 1 is 1.46 bits per heavy atom. The molecule has 0 saturated carbocycles. The zero-order chi connectivity index (χ0) is 9.90. The van der Waals surface area contributed by atoms with E-state index in [0.717, 1.165) is 13.1 Å². The Kier molecular flexibility index (Phi) is 3.35. The van der Waals surface area contributed by atoms with E-state index in [1.54, 1.807) is 0 Å². The summed E-state index contributed by atoms with van der Waals surface area (Å²) in [5, 5.41) is 3.38. The first-order valence-corrected chi connectivity index (χ1v) is 5.00. The molecule has 1 heterocycles. The molecule has 74 valence electrons. The van der Waals surface area contributed by atoms with Gasteiger partial charge in [0.05, 0.1) is 6.04 Å². The second-order valence-corrected chi connectivity index (χ2v) is 4.19. The third-order valence-corrected chi connectivity index (χ3v) is 3.29. The first-order valence-electron chi connectivity index (χ1n) is 5.00. The summed E-state index contributed by atoms with van der Waals surface area (Å²) < 4.78 is 0. The van der Waals surface area contributed by atoms with Crippen LogP contribution in [0.3, 0.4) is 0 Å². The van der Waals surface area contributed by atoms with Crippen molar-refractivity contribution in [3.63, 3.8) is 0 Å². The van der Waals surface area contributed by atoms with Gasteiger partial charge in [-0.1, -0.05) is 5.92 Å². The molecule has 0 aromatic rings. The molecular weight excluding hydrogens is 160 g/mol. The molecule has 0 aliphatic carbocycles. The summed E-state index contributed by atoms with van der Waals surface area (Å²) in [5.74, 6) is 2.79. The van der Waals surface area contributed by atoms with E-state index < -0.39 is 0 Å². The van der Waals surface area contributed by atoms with Gasteiger partial charge >= 0.3 is 0 Å². The normalized spacial score (nSPS) is 25.1. The zero-order valence-corrected chi connectivity index (χ0v) is 8.93. The average molecular weight is 180 g/mol. The van der Waals surface area contributed by atoms with Crippen LogP contribution in [0.4, 0.5) is 0 Å². The summed E-state index contributed by atoms with van der Waals surface area (Å²) in [4.78, 5) is 2.37. The second-order valence-electron chi connectivity index (χ2n) is 4.19. The van der Waals surface area contributed by atoms with E-state index in [-0.39, 0.29) is 0 Å². The molecule has 1 unspecified atom stereocenters. The predicted octanol–water partition coefficient (Wildman–Crippen LogP) is 1.08. The van der Waals surface area contributed by atoms with Crippen LogP contribution < -0.4 is 5.32 Å². The van der Waals surface area contributed by atoms with Crippen LogP contribution in [0.2, 0.25) is 0 Å². The lowest BCUT2D eigenvalue weighted by molar-refractivity contribution is 0.138. The summed E-state index contributed by atoms with van der Waals surface area (Å²) >= 11 is 0. The molecule has 1 saturated heterocycles. The molecule has 2 nitrogen and oxygen atoms in total.